The maximum absolute atomic E-state index is 13.0. The molecule has 0 unspecified atom stereocenters. The van der Waals surface area contributed by atoms with E-state index in [0.717, 1.165) is 11.8 Å². The van der Waals surface area contributed by atoms with Crippen LogP contribution in [0, 0.1) is 6.92 Å². The zero-order valence-corrected chi connectivity index (χ0v) is 17.1. The fourth-order valence-electron chi connectivity index (χ4n) is 2.68. The molecule has 0 atom stereocenters. The molecule has 0 saturated carbocycles. The van der Waals surface area contributed by atoms with Crippen molar-refractivity contribution in [3.05, 3.63) is 40.6 Å². The smallest absolute Gasteiger partial charge is 0.275 e. The summed E-state index contributed by atoms with van der Waals surface area (Å²) in [5.74, 6) is 0.168. The Bertz CT molecular complexity index is 1010. The van der Waals surface area contributed by atoms with Crippen molar-refractivity contribution in [3.63, 3.8) is 0 Å². The van der Waals surface area contributed by atoms with Crippen LogP contribution in [-0.4, -0.2) is 31.2 Å². The summed E-state index contributed by atoms with van der Waals surface area (Å²) in [4.78, 5) is 18.8. The SMILES string of the molecule is Cc1cc(N2C(=O)C(C)(C)Oc3cc(NS(C)(=O)=O)ccc32)cnc1Br. The fourth-order valence-corrected chi connectivity index (χ4v) is 3.45. The Hall–Kier alpha value is -2.13. The minimum absolute atomic E-state index is 0.239. The number of ether oxygens (including phenoxy) is 1. The predicted molar refractivity (Wildman–Crippen MR) is 103 cm³/mol. The number of hydrogen-bond acceptors (Lipinski definition) is 5. The Kier molecular flexibility index (Phi) is 4.48. The molecule has 1 aromatic carbocycles. The summed E-state index contributed by atoms with van der Waals surface area (Å²) in [7, 11) is -3.42. The molecule has 1 N–H and O–H groups in total. The number of benzene rings is 1. The van der Waals surface area contributed by atoms with E-state index in [9.17, 15) is 13.2 Å². The number of carbonyl (C=O) groups excluding carboxylic acids is 1. The van der Waals surface area contributed by atoms with Crippen LogP contribution in [-0.2, 0) is 14.8 Å². The number of sulfonamides is 1. The third kappa shape index (κ3) is 3.54. The van der Waals surface area contributed by atoms with Gasteiger partial charge in [0.25, 0.3) is 5.91 Å². The topological polar surface area (TPSA) is 88.6 Å². The Morgan fingerprint density at radius 1 is 1.27 bits per heavy atom. The first kappa shape index (κ1) is 18.7. The van der Waals surface area contributed by atoms with Crippen LogP contribution in [0.3, 0.4) is 0 Å². The summed E-state index contributed by atoms with van der Waals surface area (Å²) in [6, 6.07) is 6.65. The number of amides is 1. The van der Waals surface area contributed by atoms with E-state index in [4.69, 9.17) is 4.74 Å². The van der Waals surface area contributed by atoms with Gasteiger partial charge >= 0.3 is 0 Å². The van der Waals surface area contributed by atoms with E-state index in [1.54, 1.807) is 38.2 Å². The van der Waals surface area contributed by atoms with Crippen molar-refractivity contribution in [2.24, 2.45) is 0 Å². The van der Waals surface area contributed by atoms with Crippen molar-refractivity contribution in [2.45, 2.75) is 26.4 Å². The molecule has 1 aliphatic rings. The van der Waals surface area contributed by atoms with E-state index < -0.39 is 15.6 Å². The van der Waals surface area contributed by atoms with Crippen LogP contribution in [0.2, 0.25) is 0 Å². The van der Waals surface area contributed by atoms with Crippen molar-refractivity contribution in [2.75, 3.05) is 15.9 Å². The highest BCUT2D eigenvalue weighted by atomic mass is 79.9. The number of nitrogens with zero attached hydrogens (tertiary/aromatic N) is 2. The average molecular weight is 440 g/mol. The maximum Gasteiger partial charge on any atom is 0.275 e. The van der Waals surface area contributed by atoms with Gasteiger partial charge in [-0.1, -0.05) is 0 Å². The number of nitrogens with one attached hydrogen (secondary N) is 1. The van der Waals surface area contributed by atoms with Crippen molar-refractivity contribution < 1.29 is 17.9 Å². The van der Waals surface area contributed by atoms with Crippen LogP contribution in [0.25, 0.3) is 0 Å². The number of carbonyl (C=O) groups is 1. The number of hydrogen-bond donors (Lipinski definition) is 1. The molecule has 0 bridgehead atoms. The van der Waals surface area contributed by atoms with E-state index in [2.05, 4.69) is 25.6 Å². The summed E-state index contributed by atoms with van der Waals surface area (Å²) < 4.78 is 31.9. The minimum Gasteiger partial charge on any atom is -0.476 e. The average Bonchev–Trinajstić information content (AvgIpc) is 2.50. The summed E-state index contributed by atoms with van der Waals surface area (Å²) in [6.07, 6.45) is 2.67. The second-order valence-corrected chi connectivity index (χ2v) is 9.11. The van der Waals surface area contributed by atoms with Crippen molar-refractivity contribution in [3.8, 4) is 5.75 Å². The quantitative estimate of drug-likeness (QED) is 0.740. The Balaban J connectivity index is 2.14. The molecule has 138 valence electrons. The summed E-state index contributed by atoms with van der Waals surface area (Å²) in [5.41, 5.74) is 1.27. The molecule has 2 aromatic rings. The Labute approximate surface area is 160 Å². The number of aromatic nitrogens is 1. The van der Waals surface area contributed by atoms with Crippen LogP contribution < -0.4 is 14.4 Å². The van der Waals surface area contributed by atoms with Crippen LogP contribution in [0.1, 0.15) is 19.4 Å². The van der Waals surface area contributed by atoms with Crippen LogP contribution in [0.4, 0.5) is 17.1 Å². The van der Waals surface area contributed by atoms with Gasteiger partial charge in [-0.05, 0) is 60.5 Å². The largest absolute Gasteiger partial charge is 0.476 e. The summed E-state index contributed by atoms with van der Waals surface area (Å²) in [5, 5.41) is 0. The number of fused-ring (bicyclic) bond motifs is 1. The van der Waals surface area contributed by atoms with Crippen LogP contribution in [0.15, 0.2) is 35.1 Å². The fraction of sp³-hybridized carbons (Fsp3) is 0.294. The lowest BCUT2D eigenvalue weighted by Crippen LogP contribution is -2.50. The molecule has 26 heavy (non-hydrogen) atoms. The van der Waals surface area contributed by atoms with Crippen molar-refractivity contribution in [1.29, 1.82) is 0 Å². The monoisotopic (exact) mass is 439 g/mol. The number of aryl methyl sites for hydroxylation is 1. The zero-order valence-electron chi connectivity index (χ0n) is 14.7. The molecule has 1 aromatic heterocycles. The molecule has 0 fully saturated rings. The van der Waals surface area contributed by atoms with Gasteiger partial charge in [0.15, 0.2) is 5.60 Å². The van der Waals surface area contributed by atoms with Gasteiger partial charge in [0.2, 0.25) is 10.0 Å². The molecule has 1 amide bonds. The van der Waals surface area contributed by atoms with E-state index in [0.29, 0.717) is 27.4 Å². The van der Waals surface area contributed by atoms with Gasteiger partial charge in [0, 0.05) is 6.07 Å². The van der Waals surface area contributed by atoms with Crippen molar-refractivity contribution in [1.82, 2.24) is 4.98 Å². The highest BCUT2D eigenvalue weighted by Gasteiger charge is 2.42. The third-order valence-corrected chi connectivity index (χ3v) is 5.28. The van der Waals surface area contributed by atoms with Gasteiger partial charge in [0.1, 0.15) is 10.4 Å². The molecule has 9 heteroatoms. The molecule has 0 aliphatic carbocycles. The zero-order chi connectivity index (χ0) is 19.3. The van der Waals surface area contributed by atoms with E-state index >= 15 is 0 Å². The van der Waals surface area contributed by atoms with Crippen molar-refractivity contribution >= 4 is 48.9 Å². The van der Waals surface area contributed by atoms with Gasteiger partial charge in [-0.15, -0.1) is 0 Å². The number of pyridine rings is 1. The van der Waals surface area contributed by atoms with Gasteiger partial charge in [-0.3, -0.25) is 14.4 Å². The third-order valence-electron chi connectivity index (χ3n) is 3.85. The predicted octanol–water partition coefficient (Wildman–Crippen LogP) is 3.36. The molecular weight excluding hydrogens is 422 g/mol. The van der Waals surface area contributed by atoms with Crippen LogP contribution in [0.5, 0.6) is 5.75 Å². The standard InChI is InChI=1S/C17H18BrN3O4S/c1-10-7-12(9-19-15(10)18)21-13-6-5-11(20-26(4,23)24)8-14(13)25-17(2,3)16(21)22/h5-9,20H,1-4H3. The van der Waals surface area contributed by atoms with Gasteiger partial charge in [-0.25, -0.2) is 13.4 Å². The first-order valence-electron chi connectivity index (χ1n) is 7.75. The number of halogens is 1. The first-order chi connectivity index (χ1) is 12.0. The van der Waals surface area contributed by atoms with E-state index in [1.807, 2.05) is 13.0 Å². The highest BCUT2D eigenvalue weighted by molar-refractivity contribution is 9.10. The molecule has 2 heterocycles. The first-order valence-corrected chi connectivity index (χ1v) is 10.4. The molecule has 3 rings (SSSR count). The second kappa shape index (κ2) is 6.24. The molecule has 0 radical (unpaired) electrons. The molecule has 7 nitrogen and oxygen atoms in total. The van der Waals surface area contributed by atoms with E-state index in [1.165, 1.54) is 4.90 Å². The van der Waals surface area contributed by atoms with Gasteiger partial charge in [0.05, 0.1) is 29.5 Å². The molecule has 0 spiro atoms. The minimum atomic E-state index is -3.42. The van der Waals surface area contributed by atoms with E-state index in [-0.39, 0.29) is 5.91 Å². The highest BCUT2D eigenvalue weighted by Crippen LogP contribution is 2.43. The Morgan fingerprint density at radius 2 is 1.96 bits per heavy atom. The number of anilines is 3. The lowest BCUT2D eigenvalue weighted by Gasteiger charge is -2.38. The molecule has 1 aliphatic heterocycles. The van der Waals surface area contributed by atoms with Gasteiger partial charge < -0.3 is 4.74 Å². The van der Waals surface area contributed by atoms with Crippen LogP contribution >= 0.6 is 15.9 Å². The maximum atomic E-state index is 13.0. The number of rotatable bonds is 3. The lowest BCUT2D eigenvalue weighted by atomic mass is 10.0. The summed E-state index contributed by atoms with van der Waals surface area (Å²) >= 11 is 3.36. The molecular formula is C17H18BrN3O4S. The second-order valence-electron chi connectivity index (χ2n) is 6.61. The normalized spacial score (nSPS) is 16.0. The molecule has 0 saturated heterocycles. The summed E-state index contributed by atoms with van der Waals surface area (Å²) in [6.45, 7) is 5.22. The Morgan fingerprint density at radius 3 is 2.58 bits per heavy atom. The lowest BCUT2D eigenvalue weighted by molar-refractivity contribution is -0.131. The van der Waals surface area contributed by atoms with Gasteiger partial charge in [-0.2, -0.15) is 0 Å².